The molecule has 5 nitrogen and oxygen atoms in total. The van der Waals surface area contributed by atoms with Crippen LogP contribution in [0.1, 0.15) is 6.42 Å². The maximum absolute atomic E-state index is 11.6. The fourth-order valence-corrected chi connectivity index (χ4v) is 1.28. The average Bonchev–Trinajstić information content (AvgIpc) is 2.29. The molecular weight excluding hydrogens is 274 g/mol. The highest BCUT2D eigenvalue weighted by Crippen LogP contribution is 2.10. The minimum absolute atomic E-state index is 0.258. The molecule has 1 atom stereocenters. The molecule has 6 heteroatoms. The molecule has 0 saturated carbocycles. The van der Waals surface area contributed by atoms with E-state index in [-0.39, 0.29) is 5.91 Å². The quantitative estimate of drug-likeness (QED) is 0.852. The minimum Gasteiger partial charge on any atom is -0.385 e. The zero-order valence-electron chi connectivity index (χ0n) is 8.94. The molecule has 0 fully saturated rings. The van der Waals surface area contributed by atoms with Gasteiger partial charge in [-0.3, -0.25) is 4.79 Å². The Morgan fingerprint density at radius 1 is 1.69 bits per heavy atom. The van der Waals surface area contributed by atoms with Crippen molar-refractivity contribution in [2.24, 2.45) is 5.73 Å². The Hall–Kier alpha value is -0.980. The van der Waals surface area contributed by atoms with Crippen LogP contribution in [-0.4, -0.2) is 30.6 Å². The summed E-state index contributed by atoms with van der Waals surface area (Å²) < 4.78 is 5.70. The predicted octanol–water partition coefficient (Wildman–Crippen LogP) is 1.15. The first-order valence-corrected chi connectivity index (χ1v) is 5.59. The summed E-state index contributed by atoms with van der Waals surface area (Å²) in [7, 11) is 1.57. The molecule has 1 aromatic heterocycles. The van der Waals surface area contributed by atoms with Crippen LogP contribution in [-0.2, 0) is 9.53 Å². The molecule has 0 saturated heterocycles. The Labute approximate surface area is 103 Å². The van der Waals surface area contributed by atoms with Crippen LogP contribution in [0.2, 0.25) is 0 Å². The highest BCUT2D eigenvalue weighted by Gasteiger charge is 2.13. The molecule has 16 heavy (non-hydrogen) atoms. The zero-order valence-corrected chi connectivity index (χ0v) is 10.5. The van der Waals surface area contributed by atoms with Crippen LogP contribution in [0, 0.1) is 0 Å². The Balaban J connectivity index is 2.47. The normalized spacial score (nSPS) is 12.2. The molecule has 0 aliphatic heterocycles. The number of nitrogens with one attached hydrogen (secondary N) is 1. The molecule has 1 heterocycles. The third-order valence-corrected chi connectivity index (χ3v) is 2.42. The van der Waals surface area contributed by atoms with Crippen molar-refractivity contribution < 1.29 is 9.53 Å². The van der Waals surface area contributed by atoms with E-state index < -0.39 is 6.04 Å². The molecular formula is C10H14BrN3O2. The van der Waals surface area contributed by atoms with Crippen molar-refractivity contribution in [2.45, 2.75) is 12.5 Å². The molecule has 0 radical (unpaired) electrons. The van der Waals surface area contributed by atoms with Gasteiger partial charge < -0.3 is 15.8 Å². The van der Waals surface area contributed by atoms with Crippen molar-refractivity contribution in [1.82, 2.24) is 4.98 Å². The highest BCUT2D eigenvalue weighted by atomic mass is 79.9. The third-order valence-electron chi connectivity index (χ3n) is 1.95. The topological polar surface area (TPSA) is 77.2 Å². The first-order chi connectivity index (χ1) is 7.63. The number of carbonyl (C=O) groups is 1. The molecule has 1 unspecified atom stereocenters. The number of hydrogen-bond acceptors (Lipinski definition) is 4. The molecule has 3 N–H and O–H groups in total. The zero-order chi connectivity index (χ0) is 12.0. The van der Waals surface area contributed by atoms with Crippen molar-refractivity contribution in [3.05, 3.63) is 22.8 Å². The van der Waals surface area contributed by atoms with Gasteiger partial charge in [0.1, 0.15) is 5.82 Å². The largest absolute Gasteiger partial charge is 0.385 e. The van der Waals surface area contributed by atoms with Gasteiger partial charge in [-0.25, -0.2) is 4.98 Å². The molecule has 88 valence electrons. The molecule has 0 bridgehead atoms. The second-order valence-corrected chi connectivity index (χ2v) is 4.15. The number of carbonyl (C=O) groups excluding carboxylic acids is 1. The Kier molecular flexibility index (Phi) is 5.37. The number of ether oxygens (including phenoxy) is 1. The summed E-state index contributed by atoms with van der Waals surface area (Å²) in [4.78, 5) is 15.6. The molecule has 0 aliphatic carbocycles. The number of pyridine rings is 1. The number of methoxy groups -OCH3 is 1. The van der Waals surface area contributed by atoms with E-state index >= 15 is 0 Å². The first kappa shape index (κ1) is 13.1. The van der Waals surface area contributed by atoms with Gasteiger partial charge in [-0.15, -0.1) is 0 Å². The van der Waals surface area contributed by atoms with E-state index in [2.05, 4.69) is 26.2 Å². The van der Waals surface area contributed by atoms with Crippen LogP contribution in [0.3, 0.4) is 0 Å². The molecule has 1 aromatic rings. The van der Waals surface area contributed by atoms with Crippen LogP contribution in [0.5, 0.6) is 0 Å². The van der Waals surface area contributed by atoms with Crippen LogP contribution < -0.4 is 11.1 Å². The van der Waals surface area contributed by atoms with Gasteiger partial charge in [0.15, 0.2) is 0 Å². The molecule has 1 amide bonds. The fraction of sp³-hybridized carbons (Fsp3) is 0.400. The second-order valence-electron chi connectivity index (χ2n) is 3.24. The highest BCUT2D eigenvalue weighted by molar-refractivity contribution is 9.10. The lowest BCUT2D eigenvalue weighted by Gasteiger charge is -2.10. The van der Waals surface area contributed by atoms with Gasteiger partial charge in [0.2, 0.25) is 5.91 Å². The number of anilines is 1. The number of hydrogen-bond donors (Lipinski definition) is 2. The number of aromatic nitrogens is 1. The van der Waals surface area contributed by atoms with Crippen LogP contribution in [0.4, 0.5) is 5.82 Å². The van der Waals surface area contributed by atoms with E-state index in [9.17, 15) is 4.79 Å². The second kappa shape index (κ2) is 6.57. The summed E-state index contributed by atoms with van der Waals surface area (Å²) in [5.74, 6) is 0.230. The number of rotatable bonds is 5. The molecule has 0 aliphatic rings. The third kappa shape index (κ3) is 4.26. The monoisotopic (exact) mass is 287 g/mol. The van der Waals surface area contributed by atoms with Crippen molar-refractivity contribution in [2.75, 3.05) is 19.0 Å². The van der Waals surface area contributed by atoms with Crippen molar-refractivity contribution in [3.8, 4) is 0 Å². The standard InChI is InChI=1S/C10H14BrN3O2/c1-16-5-4-8(12)10(15)14-9-3-2-7(11)6-13-9/h2-3,6,8H,4-5,12H2,1H3,(H,13,14,15). The van der Waals surface area contributed by atoms with E-state index in [1.165, 1.54) is 0 Å². The minimum atomic E-state index is -0.578. The van der Waals surface area contributed by atoms with Crippen molar-refractivity contribution >= 4 is 27.7 Å². The number of nitrogens with zero attached hydrogens (tertiary/aromatic N) is 1. The van der Waals surface area contributed by atoms with E-state index in [0.717, 1.165) is 4.47 Å². The predicted molar refractivity (Wildman–Crippen MR) is 65.0 cm³/mol. The lowest BCUT2D eigenvalue weighted by atomic mass is 10.2. The van der Waals surface area contributed by atoms with E-state index in [4.69, 9.17) is 10.5 Å². The Morgan fingerprint density at radius 3 is 3.00 bits per heavy atom. The average molecular weight is 288 g/mol. The van der Waals surface area contributed by atoms with E-state index in [0.29, 0.717) is 18.8 Å². The number of nitrogens with two attached hydrogens (primary N) is 1. The van der Waals surface area contributed by atoms with Gasteiger partial charge in [-0.1, -0.05) is 0 Å². The summed E-state index contributed by atoms with van der Waals surface area (Å²) in [6, 6.07) is 2.92. The van der Waals surface area contributed by atoms with Gasteiger partial charge in [0.05, 0.1) is 6.04 Å². The van der Waals surface area contributed by atoms with Gasteiger partial charge in [-0.2, -0.15) is 0 Å². The summed E-state index contributed by atoms with van der Waals surface area (Å²) >= 11 is 3.26. The van der Waals surface area contributed by atoms with Crippen LogP contribution in [0.15, 0.2) is 22.8 Å². The summed E-state index contributed by atoms with van der Waals surface area (Å²) in [5.41, 5.74) is 5.65. The molecule has 0 aromatic carbocycles. The van der Waals surface area contributed by atoms with Gasteiger partial charge in [0.25, 0.3) is 0 Å². The van der Waals surface area contributed by atoms with E-state index in [1.807, 2.05) is 0 Å². The SMILES string of the molecule is COCCC(N)C(=O)Nc1ccc(Br)cn1. The van der Waals surface area contributed by atoms with E-state index in [1.54, 1.807) is 25.4 Å². The molecule has 1 rings (SSSR count). The molecule has 0 spiro atoms. The summed E-state index contributed by atoms with van der Waals surface area (Å²) in [6.45, 7) is 0.461. The van der Waals surface area contributed by atoms with Crippen molar-refractivity contribution in [3.63, 3.8) is 0 Å². The first-order valence-electron chi connectivity index (χ1n) is 4.80. The maximum atomic E-state index is 11.6. The van der Waals surface area contributed by atoms with Crippen LogP contribution in [0.25, 0.3) is 0 Å². The van der Waals surface area contributed by atoms with Gasteiger partial charge >= 0.3 is 0 Å². The Bertz CT molecular complexity index is 342. The number of halogens is 1. The van der Waals surface area contributed by atoms with Crippen molar-refractivity contribution in [1.29, 1.82) is 0 Å². The van der Waals surface area contributed by atoms with Gasteiger partial charge in [-0.05, 0) is 34.5 Å². The van der Waals surface area contributed by atoms with Crippen LogP contribution >= 0.6 is 15.9 Å². The number of amides is 1. The van der Waals surface area contributed by atoms with Gasteiger partial charge in [0, 0.05) is 24.4 Å². The Morgan fingerprint density at radius 2 is 2.44 bits per heavy atom. The maximum Gasteiger partial charge on any atom is 0.242 e. The lowest BCUT2D eigenvalue weighted by Crippen LogP contribution is -2.36. The smallest absolute Gasteiger partial charge is 0.242 e. The summed E-state index contributed by atoms with van der Waals surface area (Å²) in [6.07, 6.45) is 2.09. The lowest BCUT2D eigenvalue weighted by molar-refractivity contribution is -0.117. The summed E-state index contributed by atoms with van der Waals surface area (Å²) in [5, 5.41) is 2.63. The fourth-order valence-electron chi connectivity index (χ4n) is 1.04.